The Morgan fingerprint density at radius 3 is 2.29 bits per heavy atom. The number of amides is 1. The zero-order chi connectivity index (χ0) is 28.1. The lowest BCUT2D eigenvalue weighted by Gasteiger charge is -2.69. The lowest BCUT2D eigenvalue weighted by atomic mass is 9.35. The van der Waals surface area contributed by atoms with Crippen molar-refractivity contribution in [3.05, 3.63) is 22.3 Å². The van der Waals surface area contributed by atoms with Gasteiger partial charge < -0.3 is 4.74 Å². The number of ether oxygens (including phenoxy) is 1. The molecular formula is C32H49ClN2O3. The summed E-state index contributed by atoms with van der Waals surface area (Å²) in [6, 6.07) is 0. The van der Waals surface area contributed by atoms with E-state index < -0.39 is 11.5 Å². The van der Waals surface area contributed by atoms with E-state index in [0.717, 1.165) is 24.3 Å². The third kappa shape index (κ3) is 3.45. The maximum absolute atomic E-state index is 13.5. The number of allylic oxidation sites excluding steroid dienone is 4. The Balaban J connectivity index is 1.67. The minimum atomic E-state index is -0.928. The molecule has 0 spiro atoms. The van der Waals surface area contributed by atoms with Gasteiger partial charge in [0.25, 0.3) is 0 Å². The number of carbonyl (C=O) groups excluding carboxylic acids is 2. The summed E-state index contributed by atoms with van der Waals surface area (Å²) in [5.41, 5.74) is 4.40. The molecule has 0 aromatic heterocycles. The lowest BCUT2D eigenvalue weighted by molar-refractivity contribution is -0.182. The molecule has 0 saturated heterocycles. The van der Waals surface area contributed by atoms with E-state index >= 15 is 0 Å². The van der Waals surface area contributed by atoms with E-state index in [1.807, 2.05) is 6.92 Å². The van der Waals surface area contributed by atoms with Crippen molar-refractivity contribution in [3.8, 4) is 0 Å². The van der Waals surface area contributed by atoms with Gasteiger partial charge in [0.1, 0.15) is 6.10 Å². The average molecular weight is 545 g/mol. The van der Waals surface area contributed by atoms with Crippen LogP contribution in [0.1, 0.15) is 107 Å². The number of hydrazine groups is 1. The summed E-state index contributed by atoms with van der Waals surface area (Å²) in [6.07, 6.45) is 10.2. The van der Waals surface area contributed by atoms with Gasteiger partial charge in [0.2, 0.25) is 5.91 Å². The predicted octanol–water partition coefficient (Wildman–Crippen LogP) is 7.05. The summed E-state index contributed by atoms with van der Waals surface area (Å²) in [5, 5.41) is 0.892. The first-order chi connectivity index (χ1) is 17.6. The molecule has 5 nitrogen and oxygen atoms in total. The molecule has 5 aliphatic carbocycles. The fourth-order valence-electron chi connectivity index (χ4n) is 10.8. The number of rotatable bonds is 2. The Hall–Kier alpha value is -1.33. The molecule has 2 unspecified atom stereocenters. The molecule has 5 aliphatic rings. The van der Waals surface area contributed by atoms with Crippen molar-refractivity contribution < 1.29 is 14.3 Å². The number of halogens is 1. The first kappa shape index (κ1) is 28.2. The number of nitrogens with two attached hydrogens (primary N) is 1. The largest absolute Gasteiger partial charge is 0.461 e. The van der Waals surface area contributed by atoms with Crippen LogP contribution >= 0.6 is 11.6 Å². The molecule has 0 bridgehead atoms. The second-order valence-electron chi connectivity index (χ2n) is 14.9. The number of hydrogen-bond donors (Lipinski definition) is 2. The van der Waals surface area contributed by atoms with Crippen LogP contribution in [0.25, 0.3) is 0 Å². The molecule has 3 N–H and O–H groups in total. The number of esters is 1. The molecular weight excluding hydrogens is 496 g/mol. The van der Waals surface area contributed by atoms with Crippen LogP contribution in [0.2, 0.25) is 0 Å². The van der Waals surface area contributed by atoms with Gasteiger partial charge in [-0.25, -0.2) is 5.84 Å². The monoisotopic (exact) mass is 544 g/mol. The fourth-order valence-corrected chi connectivity index (χ4v) is 11.3. The summed E-state index contributed by atoms with van der Waals surface area (Å²) in [7, 11) is 0. The molecule has 0 radical (unpaired) electrons. The molecule has 10 atom stereocenters. The maximum Gasteiger partial charge on any atom is 0.302 e. The Morgan fingerprint density at radius 2 is 1.66 bits per heavy atom. The van der Waals surface area contributed by atoms with Crippen molar-refractivity contribution >= 4 is 23.5 Å². The fraction of sp³-hybridized carbons (Fsp3) is 0.812. The van der Waals surface area contributed by atoms with Gasteiger partial charge >= 0.3 is 5.97 Å². The molecule has 4 fully saturated rings. The van der Waals surface area contributed by atoms with E-state index in [4.69, 9.17) is 22.2 Å². The molecule has 0 aliphatic heterocycles. The van der Waals surface area contributed by atoms with Crippen LogP contribution in [-0.4, -0.2) is 18.0 Å². The Kier molecular flexibility index (Phi) is 6.56. The van der Waals surface area contributed by atoms with Gasteiger partial charge in [0, 0.05) is 12.0 Å². The van der Waals surface area contributed by atoms with Crippen molar-refractivity contribution in [1.82, 2.24) is 5.43 Å². The summed E-state index contributed by atoms with van der Waals surface area (Å²) < 4.78 is 5.79. The highest BCUT2D eigenvalue weighted by atomic mass is 35.5. The highest BCUT2D eigenvalue weighted by molar-refractivity contribution is 6.32. The standard InChI is InChI=1S/C32H49ClN2O3/c1-18-9-12-28(4)15-16-30(6)21(25(28)19(18)2)17-22(33)26-29(5)13-11-24(38-20(3)36)32(8,27(37)35-34)23(29)10-14-31(26,30)7/h17-19,23-25H,9-16,34H2,1-8H3,(H,35,37)/t18-,19+,23?,24-,25?,28-,29+,30-,31-,32-/m1/s1. The molecule has 5 rings (SSSR count). The molecule has 38 heavy (non-hydrogen) atoms. The van der Waals surface area contributed by atoms with Gasteiger partial charge in [-0.05, 0) is 115 Å². The Labute approximate surface area is 234 Å². The van der Waals surface area contributed by atoms with E-state index in [0.29, 0.717) is 29.6 Å². The third-order valence-electron chi connectivity index (χ3n) is 13.3. The lowest BCUT2D eigenvalue weighted by Crippen LogP contribution is -2.65. The number of nitrogens with one attached hydrogen (secondary N) is 1. The van der Waals surface area contributed by atoms with Crippen LogP contribution in [0, 0.1) is 50.7 Å². The smallest absolute Gasteiger partial charge is 0.302 e. The van der Waals surface area contributed by atoms with Crippen LogP contribution in [0.15, 0.2) is 22.3 Å². The van der Waals surface area contributed by atoms with E-state index in [1.165, 1.54) is 38.2 Å². The van der Waals surface area contributed by atoms with Gasteiger partial charge in [0.05, 0.1) is 5.41 Å². The first-order valence-corrected chi connectivity index (χ1v) is 15.3. The summed E-state index contributed by atoms with van der Waals surface area (Å²) in [4.78, 5) is 25.5. The normalized spacial score (nSPS) is 50.1. The molecule has 4 saturated carbocycles. The van der Waals surface area contributed by atoms with E-state index in [-0.39, 0.29) is 34.0 Å². The zero-order valence-corrected chi connectivity index (χ0v) is 25.6. The van der Waals surface area contributed by atoms with Gasteiger partial charge in [-0.15, -0.1) is 0 Å². The van der Waals surface area contributed by atoms with E-state index in [2.05, 4.69) is 53.0 Å². The van der Waals surface area contributed by atoms with Gasteiger partial charge in [-0.3, -0.25) is 15.0 Å². The molecule has 0 aromatic carbocycles. The Bertz CT molecular complexity index is 1120. The highest BCUT2D eigenvalue weighted by Gasteiger charge is 2.69. The predicted molar refractivity (Wildman–Crippen MR) is 152 cm³/mol. The number of carbonyl (C=O) groups is 2. The molecule has 0 aromatic rings. The van der Waals surface area contributed by atoms with Crippen molar-refractivity contribution in [2.75, 3.05) is 0 Å². The van der Waals surface area contributed by atoms with Gasteiger partial charge in [0.15, 0.2) is 0 Å². The van der Waals surface area contributed by atoms with Crippen molar-refractivity contribution in [1.29, 1.82) is 0 Å². The minimum Gasteiger partial charge on any atom is -0.461 e. The van der Waals surface area contributed by atoms with E-state index in [1.54, 1.807) is 5.57 Å². The van der Waals surface area contributed by atoms with Gasteiger partial charge in [-0.2, -0.15) is 0 Å². The molecule has 212 valence electrons. The molecule has 1 amide bonds. The Morgan fingerprint density at radius 1 is 0.974 bits per heavy atom. The summed E-state index contributed by atoms with van der Waals surface area (Å²) in [6.45, 7) is 18.1. The summed E-state index contributed by atoms with van der Waals surface area (Å²) >= 11 is 7.45. The first-order valence-electron chi connectivity index (χ1n) is 14.9. The van der Waals surface area contributed by atoms with Crippen LogP contribution in [0.3, 0.4) is 0 Å². The van der Waals surface area contributed by atoms with Crippen LogP contribution in [0.4, 0.5) is 0 Å². The van der Waals surface area contributed by atoms with Crippen LogP contribution < -0.4 is 11.3 Å². The van der Waals surface area contributed by atoms with Crippen LogP contribution in [0.5, 0.6) is 0 Å². The van der Waals surface area contributed by atoms with Gasteiger partial charge in [-0.1, -0.05) is 58.7 Å². The number of fused-ring (bicyclic) bond motifs is 7. The zero-order valence-electron chi connectivity index (χ0n) is 24.8. The topological polar surface area (TPSA) is 81.4 Å². The van der Waals surface area contributed by atoms with Crippen molar-refractivity contribution in [3.63, 3.8) is 0 Å². The second-order valence-corrected chi connectivity index (χ2v) is 15.3. The maximum atomic E-state index is 13.5. The third-order valence-corrected chi connectivity index (χ3v) is 13.6. The molecule has 0 heterocycles. The average Bonchev–Trinajstić information content (AvgIpc) is 2.84. The quantitative estimate of drug-likeness (QED) is 0.169. The van der Waals surface area contributed by atoms with Crippen molar-refractivity contribution in [2.24, 2.45) is 56.6 Å². The molecule has 6 heteroatoms. The highest BCUT2D eigenvalue weighted by Crippen LogP contribution is 2.75. The second kappa shape index (κ2) is 8.83. The SMILES string of the molecule is CC(=O)O[C@@H]1CC[C@]2(C)C3=C(Cl)C=C4C5[C@@H](C)[C@H](C)CC[C@]5(C)CC[C@@]4(C)[C@]3(C)CCC2[C@@]1(C)C(=O)NN. The van der Waals surface area contributed by atoms with Crippen LogP contribution in [-0.2, 0) is 14.3 Å². The van der Waals surface area contributed by atoms with E-state index in [9.17, 15) is 9.59 Å². The minimum absolute atomic E-state index is 0.0312. The summed E-state index contributed by atoms with van der Waals surface area (Å²) in [5.74, 6) is 7.01. The van der Waals surface area contributed by atoms with Crippen molar-refractivity contribution in [2.45, 2.75) is 113 Å². The number of hydrogen-bond acceptors (Lipinski definition) is 4.